The number of carboxylic acids is 2. The van der Waals surface area contributed by atoms with E-state index in [1.807, 2.05) is 54.2 Å². The molecule has 3 aromatic rings. The molecule has 1 aliphatic heterocycles. The van der Waals surface area contributed by atoms with E-state index in [2.05, 4.69) is 16.4 Å². The van der Waals surface area contributed by atoms with Gasteiger partial charge in [-0.25, -0.2) is 14.6 Å². The molecule has 0 spiro atoms. The molecular weight excluding hydrogens is 406 g/mol. The highest BCUT2D eigenvalue weighted by atomic mass is 16.7. The molecule has 1 aliphatic rings. The normalized spacial score (nSPS) is 11.3. The van der Waals surface area contributed by atoms with Crippen LogP contribution < -0.4 is 19.5 Å². The molecule has 31 heavy (non-hydrogen) atoms. The van der Waals surface area contributed by atoms with Gasteiger partial charge in [0.05, 0.1) is 19.0 Å². The summed E-state index contributed by atoms with van der Waals surface area (Å²) in [5.74, 6) is -0.451. The smallest absolute Gasteiger partial charge is 0.414 e. The Bertz CT molecular complexity index is 1080. The minimum atomic E-state index is -1.82. The van der Waals surface area contributed by atoms with Crippen molar-refractivity contribution in [3.63, 3.8) is 0 Å². The van der Waals surface area contributed by atoms with Gasteiger partial charge in [-0.2, -0.15) is 0 Å². The van der Waals surface area contributed by atoms with E-state index in [1.165, 1.54) is 0 Å². The molecule has 3 N–H and O–H groups in total. The molecule has 1 aromatic heterocycles. The average molecular weight is 427 g/mol. The number of fused-ring (bicyclic) bond motifs is 1. The van der Waals surface area contributed by atoms with E-state index < -0.39 is 11.9 Å². The van der Waals surface area contributed by atoms with Crippen LogP contribution in [-0.4, -0.2) is 45.6 Å². The standard InChI is InChI=1S/C19H19N3O3.C2H2O4/c1-22-16(14-6-7-17-18(9-14)25-12-24-17)11-21-19(22)20-10-13-4-3-5-15(8-13)23-2;3-1(4)2(5)6/h3-9,11H,10,12H2,1-2H3,(H,20,21);(H,3,4)(H,5,6). The number of carbonyl (C=O) groups is 2. The minimum absolute atomic E-state index is 0.275. The molecule has 10 heteroatoms. The fraction of sp³-hybridized carbons (Fsp3) is 0.190. The van der Waals surface area contributed by atoms with E-state index in [0.29, 0.717) is 6.54 Å². The van der Waals surface area contributed by atoms with Crippen molar-refractivity contribution in [2.45, 2.75) is 6.54 Å². The zero-order chi connectivity index (χ0) is 22.4. The Morgan fingerprint density at radius 3 is 2.58 bits per heavy atom. The molecule has 0 atom stereocenters. The van der Waals surface area contributed by atoms with Crippen LogP contribution in [0.15, 0.2) is 48.7 Å². The van der Waals surface area contributed by atoms with Gasteiger partial charge in [0.1, 0.15) is 5.75 Å². The van der Waals surface area contributed by atoms with Gasteiger partial charge in [-0.15, -0.1) is 0 Å². The maximum atomic E-state index is 9.10. The van der Waals surface area contributed by atoms with E-state index in [-0.39, 0.29) is 6.79 Å². The number of anilines is 1. The SMILES string of the molecule is COc1cccc(CNc2ncc(-c3ccc4c(c3)OCO4)n2C)c1.O=C(O)C(=O)O. The van der Waals surface area contributed by atoms with Crippen molar-refractivity contribution in [2.75, 3.05) is 19.2 Å². The average Bonchev–Trinajstić information content (AvgIpc) is 3.38. The Morgan fingerprint density at radius 1 is 1.13 bits per heavy atom. The third kappa shape index (κ3) is 5.24. The summed E-state index contributed by atoms with van der Waals surface area (Å²) in [6.45, 7) is 0.945. The van der Waals surface area contributed by atoms with Gasteiger partial charge in [-0.05, 0) is 35.9 Å². The van der Waals surface area contributed by atoms with Crippen molar-refractivity contribution in [1.82, 2.24) is 9.55 Å². The molecular formula is C21H21N3O7. The maximum absolute atomic E-state index is 9.10. The van der Waals surface area contributed by atoms with Gasteiger partial charge in [-0.1, -0.05) is 12.1 Å². The number of hydrogen-bond acceptors (Lipinski definition) is 7. The summed E-state index contributed by atoms with van der Waals surface area (Å²) in [4.78, 5) is 22.7. The van der Waals surface area contributed by atoms with E-state index in [0.717, 1.165) is 40.0 Å². The number of rotatable bonds is 5. The quantitative estimate of drug-likeness (QED) is 0.526. The lowest BCUT2D eigenvalue weighted by molar-refractivity contribution is -0.159. The Morgan fingerprint density at radius 2 is 1.87 bits per heavy atom. The third-order valence-electron chi connectivity index (χ3n) is 4.42. The molecule has 0 saturated heterocycles. The number of aliphatic carboxylic acids is 2. The molecule has 0 aliphatic carbocycles. The van der Waals surface area contributed by atoms with E-state index >= 15 is 0 Å². The summed E-state index contributed by atoms with van der Waals surface area (Å²) < 4.78 is 18.1. The predicted octanol–water partition coefficient (Wildman–Crippen LogP) is 2.59. The van der Waals surface area contributed by atoms with Crippen LogP contribution in [0.5, 0.6) is 17.2 Å². The van der Waals surface area contributed by atoms with Gasteiger partial charge in [0.2, 0.25) is 12.7 Å². The van der Waals surface area contributed by atoms with Crippen LogP contribution in [0, 0.1) is 0 Å². The third-order valence-corrected chi connectivity index (χ3v) is 4.42. The van der Waals surface area contributed by atoms with Crippen LogP contribution in [0.2, 0.25) is 0 Å². The van der Waals surface area contributed by atoms with Gasteiger partial charge in [0.15, 0.2) is 11.5 Å². The molecule has 0 radical (unpaired) electrons. The molecule has 0 fully saturated rings. The van der Waals surface area contributed by atoms with E-state index in [9.17, 15) is 0 Å². The van der Waals surface area contributed by atoms with Crippen molar-refractivity contribution >= 4 is 17.9 Å². The number of benzene rings is 2. The second-order valence-corrected chi connectivity index (χ2v) is 6.41. The first-order chi connectivity index (χ1) is 14.9. The lowest BCUT2D eigenvalue weighted by Crippen LogP contribution is -2.09. The van der Waals surface area contributed by atoms with Crippen molar-refractivity contribution in [2.24, 2.45) is 7.05 Å². The van der Waals surface area contributed by atoms with E-state index in [1.54, 1.807) is 7.11 Å². The molecule has 0 bridgehead atoms. The minimum Gasteiger partial charge on any atom is -0.497 e. The Balaban J connectivity index is 0.000000401. The van der Waals surface area contributed by atoms with Crippen LogP contribution in [0.1, 0.15) is 5.56 Å². The van der Waals surface area contributed by atoms with Crippen LogP contribution in [0.4, 0.5) is 5.95 Å². The first-order valence-electron chi connectivity index (χ1n) is 9.13. The predicted molar refractivity (Wildman–Crippen MR) is 110 cm³/mol. The Kier molecular flexibility index (Phi) is 6.61. The number of carboxylic acid groups (broad SMARTS) is 2. The van der Waals surface area contributed by atoms with Crippen LogP contribution in [0.3, 0.4) is 0 Å². The molecule has 2 heterocycles. The molecule has 0 saturated carbocycles. The largest absolute Gasteiger partial charge is 0.497 e. The number of hydrogen-bond donors (Lipinski definition) is 3. The molecule has 10 nitrogen and oxygen atoms in total. The lowest BCUT2D eigenvalue weighted by Gasteiger charge is -2.09. The Labute approximate surface area is 177 Å². The van der Waals surface area contributed by atoms with Gasteiger partial charge >= 0.3 is 11.9 Å². The highest BCUT2D eigenvalue weighted by Gasteiger charge is 2.16. The molecule has 4 rings (SSSR count). The van der Waals surface area contributed by atoms with Gasteiger partial charge in [0, 0.05) is 19.2 Å². The summed E-state index contributed by atoms with van der Waals surface area (Å²) in [6.07, 6.45) is 1.85. The Hall–Kier alpha value is -4.21. The summed E-state index contributed by atoms with van der Waals surface area (Å²) in [7, 11) is 3.66. The van der Waals surface area contributed by atoms with Crippen molar-refractivity contribution in [3.05, 3.63) is 54.2 Å². The lowest BCUT2D eigenvalue weighted by atomic mass is 10.1. The van der Waals surface area contributed by atoms with Crippen LogP contribution >= 0.6 is 0 Å². The number of ether oxygens (including phenoxy) is 3. The summed E-state index contributed by atoms with van der Waals surface area (Å²) in [5, 5.41) is 18.1. The number of nitrogens with one attached hydrogen (secondary N) is 1. The van der Waals surface area contributed by atoms with Crippen LogP contribution in [-0.2, 0) is 23.2 Å². The van der Waals surface area contributed by atoms with E-state index in [4.69, 9.17) is 34.0 Å². The highest BCUT2D eigenvalue weighted by molar-refractivity contribution is 6.27. The highest BCUT2D eigenvalue weighted by Crippen LogP contribution is 2.36. The summed E-state index contributed by atoms with van der Waals surface area (Å²) in [5.41, 5.74) is 3.17. The molecule has 162 valence electrons. The zero-order valence-electron chi connectivity index (χ0n) is 16.9. The van der Waals surface area contributed by atoms with Crippen molar-refractivity contribution in [3.8, 4) is 28.5 Å². The number of nitrogens with zero attached hydrogens (tertiary/aromatic N) is 2. The molecule has 0 unspecified atom stereocenters. The monoisotopic (exact) mass is 427 g/mol. The molecule has 0 amide bonds. The number of methoxy groups -OCH3 is 1. The van der Waals surface area contributed by atoms with Gasteiger partial charge in [0.25, 0.3) is 0 Å². The first kappa shape index (κ1) is 21.5. The fourth-order valence-electron chi connectivity index (χ4n) is 2.86. The maximum Gasteiger partial charge on any atom is 0.414 e. The van der Waals surface area contributed by atoms with Crippen molar-refractivity contribution in [1.29, 1.82) is 0 Å². The summed E-state index contributed by atoms with van der Waals surface area (Å²) in [6, 6.07) is 13.9. The van der Waals surface area contributed by atoms with Crippen LogP contribution in [0.25, 0.3) is 11.3 Å². The topological polar surface area (TPSA) is 132 Å². The second-order valence-electron chi connectivity index (χ2n) is 6.41. The van der Waals surface area contributed by atoms with Gasteiger partial charge < -0.3 is 34.3 Å². The zero-order valence-corrected chi connectivity index (χ0v) is 16.9. The molecule has 2 aromatic carbocycles. The second kappa shape index (κ2) is 9.53. The van der Waals surface area contributed by atoms with Crippen molar-refractivity contribution < 1.29 is 34.0 Å². The van der Waals surface area contributed by atoms with Gasteiger partial charge in [-0.3, -0.25) is 0 Å². The summed E-state index contributed by atoms with van der Waals surface area (Å²) >= 11 is 0. The number of imidazole rings is 1. The number of aromatic nitrogens is 2. The first-order valence-corrected chi connectivity index (χ1v) is 9.13. The fourth-order valence-corrected chi connectivity index (χ4v) is 2.86.